The van der Waals surface area contributed by atoms with E-state index < -0.39 is 0 Å². The van der Waals surface area contributed by atoms with Crippen LogP contribution in [-0.2, 0) is 16.1 Å². The Morgan fingerprint density at radius 1 is 1.00 bits per heavy atom. The number of fused-ring (bicyclic) bond motifs is 1. The van der Waals surface area contributed by atoms with Crippen molar-refractivity contribution in [3.63, 3.8) is 0 Å². The zero-order valence-corrected chi connectivity index (χ0v) is 16.2. The van der Waals surface area contributed by atoms with Gasteiger partial charge < -0.3 is 15.0 Å². The number of nitrogens with zero attached hydrogens (tertiary/aromatic N) is 1. The van der Waals surface area contributed by atoms with E-state index in [1.807, 2.05) is 49.4 Å². The van der Waals surface area contributed by atoms with Crippen LogP contribution in [-0.4, -0.2) is 36.4 Å². The van der Waals surface area contributed by atoms with Gasteiger partial charge in [-0.1, -0.05) is 48.5 Å². The highest BCUT2D eigenvalue weighted by Crippen LogP contribution is 2.25. The Labute approximate surface area is 169 Å². The van der Waals surface area contributed by atoms with Crippen LogP contribution in [0, 0.1) is 5.82 Å². The highest BCUT2D eigenvalue weighted by molar-refractivity contribution is 5.89. The van der Waals surface area contributed by atoms with Crippen LogP contribution in [0.4, 0.5) is 4.39 Å². The molecule has 6 heteroatoms. The van der Waals surface area contributed by atoms with Gasteiger partial charge in [-0.3, -0.25) is 9.59 Å². The topological polar surface area (TPSA) is 58.6 Å². The molecular weight excluding hydrogens is 371 g/mol. The molecule has 3 aromatic carbocycles. The molecule has 0 aliphatic rings. The number of hydrogen-bond donors (Lipinski definition) is 1. The predicted octanol–water partition coefficient (Wildman–Crippen LogP) is 3.52. The van der Waals surface area contributed by atoms with Crippen LogP contribution < -0.4 is 10.1 Å². The first-order valence-electron chi connectivity index (χ1n) is 9.46. The molecule has 0 aliphatic carbocycles. The van der Waals surface area contributed by atoms with Crippen LogP contribution in [0.25, 0.3) is 10.8 Å². The number of carbonyl (C=O) groups is 2. The van der Waals surface area contributed by atoms with E-state index in [0.29, 0.717) is 12.3 Å². The van der Waals surface area contributed by atoms with Crippen molar-refractivity contribution >= 4 is 22.6 Å². The van der Waals surface area contributed by atoms with Crippen molar-refractivity contribution in [3.05, 3.63) is 78.1 Å². The minimum absolute atomic E-state index is 0.0601. The van der Waals surface area contributed by atoms with Gasteiger partial charge in [-0.15, -0.1) is 0 Å². The third kappa shape index (κ3) is 5.54. The molecule has 2 amide bonds. The zero-order valence-electron chi connectivity index (χ0n) is 16.2. The molecule has 1 N–H and O–H groups in total. The Morgan fingerprint density at radius 2 is 1.72 bits per heavy atom. The Hall–Kier alpha value is -3.41. The standard InChI is InChI=1S/C23H23FN2O3/c1-2-26(15-22(27)25-14-17-10-12-19(24)13-11-17)23(28)16-29-21-9-5-7-18-6-3-4-8-20(18)21/h3-13H,2,14-16H2,1H3,(H,25,27). The minimum Gasteiger partial charge on any atom is -0.483 e. The van der Waals surface area contributed by atoms with Crippen LogP contribution in [0.3, 0.4) is 0 Å². The highest BCUT2D eigenvalue weighted by atomic mass is 19.1. The fraction of sp³-hybridized carbons (Fsp3) is 0.217. The van der Waals surface area contributed by atoms with Crippen LogP contribution >= 0.6 is 0 Å². The van der Waals surface area contributed by atoms with E-state index in [9.17, 15) is 14.0 Å². The summed E-state index contributed by atoms with van der Waals surface area (Å²) in [4.78, 5) is 26.1. The molecule has 0 aromatic heterocycles. The molecule has 0 saturated heterocycles. The highest BCUT2D eigenvalue weighted by Gasteiger charge is 2.16. The largest absolute Gasteiger partial charge is 0.483 e. The SMILES string of the molecule is CCN(CC(=O)NCc1ccc(F)cc1)C(=O)COc1cccc2ccccc12. The summed E-state index contributed by atoms with van der Waals surface area (Å²) in [6.45, 7) is 2.27. The molecule has 0 atom stereocenters. The summed E-state index contributed by atoms with van der Waals surface area (Å²) in [7, 11) is 0. The fourth-order valence-corrected chi connectivity index (χ4v) is 2.96. The zero-order chi connectivity index (χ0) is 20.6. The van der Waals surface area contributed by atoms with Gasteiger partial charge in [0, 0.05) is 18.5 Å². The maximum Gasteiger partial charge on any atom is 0.260 e. The number of ether oxygens (including phenoxy) is 1. The van der Waals surface area contributed by atoms with Crippen molar-refractivity contribution in [1.29, 1.82) is 0 Å². The smallest absolute Gasteiger partial charge is 0.260 e. The Kier molecular flexibility index (Phi) is 6.79. The Morgan fingerprint density at radius 3 is 2.48 bits per heavy atom. The van der Waals surface area contributed by atoms with Gasteiger partial charge in [-0.2, -0.15) is 0 Å². The predicted molar refractivity (Wildman–Crippen MR) is 110 cm³/mol. The van der Waals surface area contributed by atoms with Crippen LogP contribution in [0.15, 0.2) is 66.7 Å². The number of halogens is 1. The lowest BCUT2D eigenvalue weighted by atomic mass is 10.1. The first-order chi connectivity index (χ1) is 14.1. The number of carbonyl (C=O) groups excluding carboxylic acids is 2. The maximum atomic E-state index is 12.9. The number of nitrogens with one attached hydrogen (secondary N) is 1. The van der Waals surface area contributed by atoms with Crippen molar-refractivity contribution in [3.8, 4) is 5.75 Å². The third-order valence-electron chi connectivity index (χ3n) is 4.57. The molecule has 0 unspecified atom stereocenters. The maximum absolute atomic E-state index is 12.9. The summed E-state index contributed by atoms with van der Waals surface area (Å²) in [6, 6.07) is 19.4. The first kappa shape index (κ1) is 20.3. The van der Waals surface area contributed by atoms with E-state index >= 15 is 0 Å². The summed E-state index contributed by atoms with van der Waals surface area (Å²) >= 11 is 0. The summed E-state index contributed by atoms with van der Waals surface area (Å²) in [5, 5.41) is 4.71. The molecule has 0 aliphatic heterocycles. The summed E-state index contributed by atoms with van der Waals surface area (Å²) < 4.78 is 18.7. The van der Waals surface area contributed by atoms with Crippen LogP contribution in [0.1, 0.15) is 12.5 Å². The molecule has 0 saturated carbocycles. The van der Waals surface area contributed by atoms with Gasteiger partial charge in [0.2, 0.25) is 5.91 Å². The summed E-state index contributed by atoms with van der Waals surface area (Å²) in [6.07, 6.45) is 0. The second-order valence-electron chi connectivity index (χ2n) is 6.58. The number of likely N-dealkylation sites (N-methyl/N-ethyl adjacent to an activating group) is 1. The number of benzene rings is 3. The van der Waals surface area contributed by atoms with E-state index in [2.05, 4.69) is 5.32 Å². The lowest BCUT2D eigenvalue weighted by molar-refractivity contribution is -0.137. The molecular formula is C23H23FN2O3. The number of amides is 2. The van der Waals surface area contributed by atoms with Crippen molar-refractivity contribution in [2.45, 2.75) is 13.5 Å². The summed E-state index contributed by atoms with van der Waals surface area (Å²) in [5.74, 6) is -0.241. The summed E-state index contributed by atoms with van der Waals surface area (Å²) in [5.41, 5.74) is 0.786. The molecule has 0 heterocycles. The van der Waals surface area contributed by atoms with Gasteiger partial charge in [-0.25, -0.2) is 4.39 Å². The molecule has 29 heavy (non-hydrogen) atoms. The van der Waals surface area contributed by atoms with Gasteiger partial charge in [-0.05, 0) is 36.1 Å². The quantitative estimate of drug-likeness (QED) is 0.636. The third-order valence-corrected chi connectivity index (χ3v) is 4.57. The first-order valence-corrected chi connectivity index (χ1v) is 9.46. The molecule has 0 spiro atoms. The van der Waals surface area contributed by atoms with Crippen molar-refractivity contribution < 1.29 is 18.7 Å². The van der Waals surface area contributed by atoms with Gasteiger partial charge in [0.05, 0.1) is 6.54 Å². The second-order valence-corrected chi connectivity index (χ2v) is 6.58. The molecule has 0 radical (unpaired) electrons. The fourth-order valence-electron chi connectivity index (χ4n) is 2.96. The van der Waals surface area contributed by atoms with Crippen molar-refractivity contribution in [2.24, 2.45) is 0 Å². The van der Waals surface area contributed by atoms with Gasteiger partial charge >= 0.3 is 0 Å². The second kappa shape index (κ2) is 9.68. The van der Waals surface area contributed by atoms with Crippen molar-refractivity contribution in [1.82, 2.24) is 10.2 Å². The van der Waals surface area contributed by atoms with Crippen LogP contribution in [0.2, 0.25) is 0 Å². The molecule has 0 fully saturated rings. The Balaban J connectivity index is 1.53. The lowest BCUT2D eigenvalue weighted by Crippen LogP contribution is -2.42. The van der Waals surface area contributed by atoms with E-state index in [1.54, 1.807) is 12.1 Å². The molecule has 3 aromatic rings. The Bertz CT molecular complexity index is 984. The van der Waals surface area contributed by atoms with E-state index in [4.69, 9.17) is 4.74 Å². The molecule has 150 valence electrons. The molecule has 0 bridgehead atoms. The van der Waals surface area contributed by atoms with E-state index in [0.717, 1.165) is 16.3 Å². The monoisotopic (exact) mass is 394 g/mol. The average Bonchev–Trinajstić information content (AvgIpc) is 2.75. The van der Waals surface area contributed by atoms with Gasteiger partial charge in [0.1, 0.15) is 11.6 Å². The molecule has 5 nitrogen and oxygen atoms in total. The van der Waals surface area contributed by atoms with Gasteiger partial charge in [0.25, 0.3) is 5.91 Å². The van der Waals surface area contributed by atoms with Gasteiger partial charge in [0.15, 0.2) is 6.61 Å². The number of rotatable bonds is 8. The molecule has 3 rings (SSSR count). The normalized spacial score (nSPS) is 10.6. The minimum atomic E-state index is -0.325. The average molecular weight is 394 g/mol. The van der Waals surface area contributed by atoms with Crippen LogP contribution in [0.5, 0.6) is 5.75 Å². The van der Waals surface area contributed by atoms with E-state index in [1.165, 1.54) is 17.0 Å². The number of hydrogen-bond acceptors (Lipinski definition) is 3. The van der Waals surface area contributed by atoms with E-state index in [-0.39, 0.29) is 37.3 Å². The van der Waals surface area contributed by atoms with Crippen molar-refractivity contribution in [2.75, 3.05) is 19.7 Å². The lowest BCUT2D eigenvalue weighted by Gasteiger charge is -2.21.